The van der Waals surface area contributed by atoms with Crippen molar-refractivity contribution in [2.45, 2.75) is 38.6 Å². The molecule has 0 aliphatic heterocycles. The second-order valence-corrected chi connectivity index (χ2v) is 6.02. The summed E-state index contributed by atoms with van der Waals surface area (Å²) in [5.41, 5.74) is 0. The Kier molecular flexibility index (Phi) is 4.72. The van der Waals surface area contributed by atoms with Crippen LogP contribution in [0, 0.1) is 5.92 Å². The van der Waals surface area contributed by atoms with Gasteiger partial charge in [-0.15, -0.1) is 0 Å². The molecule has 0 unspecified atom stereocenters. The van der Waals surface area contributed by atoms with Crippen molar-refractivity contribution in [2.24, 2.45) is 5.92 Å². The molecule has 0 radical (unpaired) electrons. The second-order valence-electron chi connectivity index (χ2n) is 5.59. The minimum atomic E-state index is -0.317. The molecule has 2 heterocycles. The first-order valence-electron chi connectivity index (χ1n) is 7.49. The fourth-order valence-electron chi connectivity index (χ4n) is 2.68. The average molecular weight is 324 g/mol. The molecule has 0 saturated heterocycles. The molecule has 7 nitrogen and oxygen atoms in total. The van der Waals surface area contributed by atoms with Crippen LogP contribution in [0.25, 0.3) is 0 Å². The molecule has 1 amide bonds. The number of amides is 1. The Morgan fingerprint density at radius 2 is 2.23 bits per heavy atom. The summed E-state index contributed by atoms with van der Waals surface area (Å²) in [5, 5.41) is 11.2. The molecule has 1 aliphatic carbocycles. The number of aromatic nitrogens is 4. The van der Waals surface area contributed by atoms with E-state index in [2.05, 4.69) is 20.6 Å². The Morgan fingerprint density at radius 1 is 1.41 bits per heavy atom. The number of carbonyl (C=O) groups excluding carboxylic acids is 1. The molecule has 0 atom stereocenters. The highest BCUT2D eigenvalue weighted by Gasteiger charge is 2.18. The fourth-order valence-corrected chi connectivity index (χ4v) is 2.84. The lowest BCUT2D eigenvalue weighted by molar-refractivity contribution is 0.0899. The van der Waals surface area contributed by atoms with Crippen molar-refractivity contribution < 1.29 is 9.32 Å². The molecular weight excluding hydrogens is 306 g/mol. The minimum Gasteiger partial charge on any atom is -0.348 e. The summed E-state index contributed by atoms with van der Waals surface area (Å²) in [6.07, 6.45) is 9.33. The van der Waals surface area contributed by atoms with Crippen molar-refractivity contribution in [3.8, 4) is 0 Å². The molecule has 1 N–H and O–H groups in total. The summed E-state index contributed by atoms with van der Waals surface area (Å²) in [6.45, 7) is 0.984. The van der Waals surface area contributed by atoms with Gasteiger partial charge in [0.15, 0.2) is 5.82 Å². The summed E-state index contributed by atoms with van der Waals surface area (Å²) >= 11 is 5.79. The van der Waals surface area contributed by atoms with Gasteiger partial charge < -0.3 is 9.84 Å². The van der Waals surface area contributed by atoms with Crippen LogP contribution in [0.2, 0.25) is 5.02 Å². The number of hydrogen-bond acceptors (Lipinski definition) is 5. The van der Waals surface area contributed by atoms with Crippen LogP contribution in [0.15, 0.2) is 16.9 Å². The molecule has 3 rings (SSSR count). The van der Waals surface area contributed by atoms with E-state index < -0.39 is 0 Å². The first-order chi connectivity index (χ1) is 10.7. The summed E-state index contributed by atoms with van der Waals surface area (Å²) in [6, 6.07) is 0. The molecule has 2 aromatic rings. The van der Waals surface area contributed by atoms with E-state index in [0.717, 1.165) is 0 Å². The van der Waals surface area contributed by atoms with Gasteiger partial charge >= 0.3 is 11.8 Å². The standard InChI is InChI=1S/C14H18ClN5O2/c15-11-7-17-20(8-11)9-12-18-14(22-19-12)13(21)16-6-10-4-2-1-3-5-10/h7-8,10H,1-6,9H2,(H,16,21). The van der Waals surface area contributed by atoms with Gasteiger partial charge in [-0.25, -0.2) is 0 Å². The quantitative estimate of drug-likeness (QED) is 0.912. The van der Waals surface area contributed by atoms with Crippen LogP contribution in [-0.2, 0) is 6.54 Å². The summed E-state index contributed by atoms with van der Waals surface area (Å²) in [7, 11) is 0. The minimum absolute atomic E-state index is 0.0101. The van der Waals surface area contributed by atoms with E-state index in [1.165, 1.54) is 38.3 Å². The highest BCUT2D eigenvalue weighted by atomic mass is 35.5. The third-order valence-electron chi connectivity index (χ3n) is 3.84. The Balaban J connectivity index is 1.52. The van der Waals surface area contributed by atoms with E-state index in [0.29, 0.717) is 29.9 Å². The lowest BCUT2D eigenvalue weighted by Gasteiger charge is -2.21. The first kappa shape index (κ1) is 15.0. The zero-order valence-corrected chi connectivity index (χ0v) is 12.9. The van der Waals surface area contributed by atoms with Crippen LogP contribution >= 0.6 is 11.6 Å². The third-order valence-corrected chi connectivity index (χ3v) is 4.04. The zero-order valence-electron chi connectivity index (χ0n) is 12.2. The van der Waals surface area contributed by atoms with Crippen molar-refractivity contribution in [3.05, 3.63) is 29.1 Å². The molecule has 0 aromatic carbocycles. The van der Waals surface area contributed by atoms with E-state index in [9.17, 15) is 4.79 Å². The van der Waals surface area contributed by atoms with Gasteiger partial charge in [0.05, 0.1) is 11.2 Å². The van der Waals surface area contributed by atoms with E-state index in [1.807, 2.05) is 0 Å². The molecule has 0 spiro atoms. The number of halogens is 1. The SMILES string of the molecule is O=C(NCC1CCCCC1)c1nc(Cn2cc(Cl)cn2)no1. The van der Waals surface area contributed by atoms with Crippen LogP contribution in [0.3, 0.4) is 0 Å². The van der Waals surface area contributed by atoms with Gasteiger partial charge in [-0.2, -0.15) is 10.1 Å². The predicted octanol–water partition coefficient (Wildman–Crippen LogP) is 2.28. The van der Waals surface area contributed by atoms with Gasteiger partial charge in [0.25, 0.3) is 0 Å². The first-order valence-corrected chi connectivity index (χ1v) is 7.87. The monoisotopic (exact) mass is 323 g/mol. The Labute approximate surface area is 133 Å². The van der Waals surface area contributed by atoms with Gasteiger partial charge in [-0.3, -0.25) is 9.48 Å². The lowest BCUT2D eigenvalue weighted by Crippen LogP contribution is -2.30. The zero-order chi connectivity index (χ0) is 15.4. The summed E-state index contributed by atoms with van der Waals surface area (Å²) in [4.78, 5) is 16.1. The molecule has 118 valence electrons. The molecule has 1 aliphatic rings. The van der Waals surface area contributed by atoms with Crippen molar-refractivity contribution in [3.63, 3.8) is 0 Å². The topological polar surface area (TPSA) is 85.8 Å². The molecule has 22 heavy (non-hydrogen) atoms. The highest BCUT2D eigenvalue weighted by molar-refractivity contribution is 6.30. The number of hydrogen-bond donors (Lipinski definition) is 1. The van der Waals surface area contributed by atoms with Gasteiger partial charge in [-0.05, 0) is 18.8 Å². The van der Waals surface area contributed by atoms with Crippen LogP contribution in [-0.4, -0.2) is 32.4 Å². The van der Waals surface area contributed by atoms with Crippen molar-refractivity contribution in [1.29, 1.82) is 0 Å². The molecule has 2 aromatic heterocycles. The van der Waals surface area contributed by atoms with Crippen LogP contribution in [0.5, 0.6) is 0 Å². The summed E-state index contributed by atoms with van der Waals surface area (Å²) < 4.78 is 6.58. The van der Waals surface area contributed by atoms with Gasteiger partial charge in [0, 0.05) is 12.7 Å². The second kappa shape index (κ2) is 6.91. The number of nitrogens with zero attached hydrogens (tertiary/aromatic N) is 4. The fraction of sp³-hybridized carbons (Fsp3) is 0.571. The molecule has 1 fully saturated rings. The third kappa shape index (κ3) is 3.85. The van der Waals surface area contributed by atoms with Crippen LogP contribution in [0.4, 0.5) is 0 Å². The van der Waals surface area contributed by atoms with E-state index in [1.54, 1.807) is 10.9 Å². The molecule has 8 heteroatoms. The van der Waals surface area contributed by atoms with Gasteiger partial charge in [0.1, 0.15) is 6.54 Å². The number of nitrogens with one attached hydrogen (secondary N) is 1. The molecular formula is C14H18ClN5O2. The Morgan fingerprint density at radius 3 is 2.95 bits per heavy atom. The molecule has 0 bridgehead atoms. The average Bonchev–Trinajstić information content (AvgIpc) is 3.16. The highest BCUT2D eigenvalue weighted by Crippen LogP contribution is 2.22. The maximum absolute atomic E-state index is 12.0. The number of carbonyl (C=O) groups is 1. The molecule has 1 saturated carbocycles. The van der Waals surface area contributed by atoms with E-state index in [4.69, 9.17) is 16.1 Å². The van der Waals surface area contributed by atoms with Crippen molar-refractivity contribution in [2.75, 3.05) is 6.54 Å². The van der Waals surface area contributed by atoms with Crippen LogP contribution < -0.4 is 5.32 Å². The van der Waals surface area contributed by atoms with Crippen molar-refractivity contribution >= 4 is 17.5 Å². The largest absolute Gasteiger partial charge is 0.348 e. The maximum atomic E-state index is 12.0. The predicted molar refractivity (Wildman–Crippen MR) is 79.5 cm³/mol. The Bertz CT molecular complexity index is 633. The van der Waals surface area contributed by atoms with Gasteiger partial charge in [0.2, 0.25) is 0 Å². The van der Waals surface area contributed by atoms with Crippen molar-refractivity contribution in [1.82, 2.24) is 25.2 Å². The normalized spacial score (nSPS) is 15.9. The number of rotatable bonds is 5. The maximum Gasteiger partial charge on any atom is 0.316 e. The summed E-state index contributed by atoms with van der Waals surface area (Å²) in [5.74, 6) is 0.626. The van der Waals surface area contributed by atoms with Crippen LogP contribution in [0.1, 0.15) is 48.6 Å². The lowest BCUT2D eigenvalue weighted by atomic mass is 9.89. The smallest absolute Gasteiger partial charge is 0.316 e. The van der Waals surface area contributed by atoms with Gasteiger partial charge in [-0.1, -0.05) is 36.0 Å². The van der Waals surface area contributed by atoms with E-state index >= 15 is 0 Å². The Hall–Kier alpha value is -1.89. The van der Waals surface area contributed by atoms with E-state index in [-0.39, 0.29) is 11.8 Å².